The molecule has 0 fully saturated rings. The maximum absolute atomic E-state index is 10.3. The Bertz CT molecular complexity index is 1100. The summed E-state index contributed by atoms with van der Waals surface area (Å²) >= 11 is 0. The average Bonchev–Trinajstić information content (AvgIpc) is 3.19. The van der Waals surface area contributed by atoms with E-state index in [1.165, 1.54) is 0 Å². The Balaban J connectivity index is 1.65. The van der Waals surface area contributed by atoms with Crippen molar-refractivity contribution in [3.63, 3.8) is 0 Å². The summed E-state index contributed by atoms with van der Waals surface area (Å²) in [6.07, 6.45) is 3.63. The van der Waals surface area contributed by atoms with Gasteiger partial charge in [-0.3, -0.25) is 0 Å². The van der Waals surface area contributed by atoms with Crippen molar-refractivity contribution in [3.05, 3.63) is 77.2 Å². The van der Waals surface area contributed by atoms with Crippen molar-refractivity contribution in [1.29, 1.82) is 0 Å². The second kappa shape index (κ2) is 8.83. The highest BCUT2D eigenvalue weighted by molar-refractivity contribution is 5.71. The number of nitrogens with two attached hydrogens (primary N) is 2. The van der Waals surface area contributed by atoms with Gasteiger partial charge in [0.05, 0.1) is 12.2 Å². The first-order valence-electron chi connectivity index (χ1n) is 9.95. The van der Waals surface area contributed by atoms with Crippen LogP contribution in [0.5, 0.6) is 11.5 Å². The van der Waals surface area contributed by atoms with Crippen molar-refractivity contribution >= 4 is 17.5 Å². The number of ether oxygens (including phenoxy) is 3. The summed E-state index contributed by atoms with van der Waals surface area (Å²) in [7, 11) is 0. The molecule has 8 nitrogen and oxygen atoms in total. The van der Waals surface area contributed by atoms with Crippen molar-refractivity contribution < 1.29 is 19.3 Å². The zero-order valence-corrected chi connectivity index (χ0v) is 17.1. The van der Waals surface area contributed by atoms with Gasteiger partial charge in [-0.1, -0.05) is 30.3 Å². The maximum Gasteiger partial charge on any atom is 0.244 e. The van der Waals surface area contributed by atoms with E-state index in [4.69, 9.17) is 25.7 Å². The Kier molecular flexibility index (Phi) is 5.79. The maximum atomic E-state index is 10.3. The third kappa shape index (κ3) is 4.63. The van der Waals surface area contributed by atoms with E-state index in [1.807, 2.05) is 37.3 Å². The van der Waals surface area contributed by atoms with Gasteiger partial charge in [-0.25, -0.2) is 4.98 Å². The van der Waals surface area contributed by atoms with Crippen molar-refractivity contribution in [3.8, 4) is 11.5 Å². The summed E-state index contributed by atoms with van der Waals surface area (Å²) in [4.78, 5) is 8.04. The van der Waals surface area contributed by atoms with Gasteiger partial charge in [0.1, 0.15) is 23.6 Å². The van der Waals surface area contributed by atoms with E-state index >= 15 is 0 Å². The van der Waals surface area contributed by atoms with Crippen molar-refractivity contribution in [2.24, 2.45) is 0 Å². The number of phenols is 1. The molecule has 8 heteroatoms. The molecule has 2 heterocycles. The van der Waals surface area contributed by atoms with Gasteiger partial charge in [-0.2, -0.15) is 4.98 Å². The minimum absolute atomic E-state index is 0.0671. The third-order valence-corrected chi connectivity index (χ3v) is 4.84. The standard InChI is InChI=1S/C23H24N4O4/c1-2-29-18-11-17(28)10-15(9-16-12-26-23(25)27-22(16)24)21(18)19-13-30-20(31-19)8-14-6-4-3-5-7-14/h3-7,10-13,20,28H,2,8-9H2,1H3,(H4,24,25,26,27). The summed E-state index contributed by atoms with van der Waals surface area (Å²) in [5.74, 6) is 1.46. The van der Waals surface area contributed by atoms with E-state index in [-0.39, 0.29) is 17.5 Å². The molecule has 1 atom stereocenters. The van der Waals surface area contributed by atoms with Crippen LogP contribution in [0.2, 0.25) is 0 Å². The quantitative estimate of drug-likeness (QED) is 0.532. The number of nitrogen functional groups attached to an aromatic ring is 2. The van der Waals surface area contributed by atoms with E-state index in [9.17, 15) is 5.11 Å². The molecule has 0 radical (unpaired) electrons. The smallest absolute Gasteiger partial charge is 0.244 e. The van der Waals surface area contributed by atoms with Crippen molar-refractivity contribution in [1.82, 2.24) is 9.97 Å². The van der Waals surface area contributed by atoms with Crippen LogP contribution in [0.3, 0.4) is 0 Å². The van der Waals surface area contributed by atoms with E-state index in [2.05, 4.69) is 9.97 Å². The second-order valence-corrected chi connectivity index (χ2v) is 7.08. The second-order valence-electron chi connectivity index (χ2n) is 7.08. The van der Waals surface area contributed by atoms with Gasteiger partial charge >= 0.3 is 0 Å². The highest BCUT2D eigenvalue weighted by Gasteiger charge is 2.27. The Morgan fingerprint density at radius 1 is 1.13 bits per heavy atom. The normalized spacial score (nSPS) is 15.1. The van der Waals surface area contributed by atoms with Crippen LogP contribution < -0.4 is 16.2 Å². The number of nitrogens with zero attached hydrogens (tertiary/aromatic N) is 2. The molecule has 1 unspecified atom stereocenters. The molecule has 0 aliphatic carbocycles. The summed E-state index contributed by atoms with van der Waals surface area (Å²) in [5, 5.41) is 10.3. The largest absolute Gasteiger partial charge is 0.508 e. The Labute approximate surface area is 180 Å². The number of phenolic OH excluding ortho intramolecular Hbond substituents is 1. The fourth-order valence-electron chi connectivity index (χ4n) is 3.47. The van der Waals surface area contributed by atoms with Crippen molar-refractivity contribution in [2.45, 2.75) is 26.1 Å². The first kappa shape index (κ1) is 20.3. The lowest BCUT2D eigenvalue weighted by molar-refractivity contribution is -0.0137. The molecular weight excluding hydrogens is 396 g/mol. The predicted molar refractivity (Wildman–Crippen MR) is 117 cm³/mol. The zero-order chi connectivity index (χ0) is 21.8. The molecule has 1 aliphatic rings. The van der Waals surface area contributed by atoms with Gasteiger partial charge < -0.3 is 30.8 Å². The lowest BCUT2D eigenvalue weighted by Crippen LogP contribution is -2.12. The van der Waals surface area contributed by atoms with Crippen LogP contribution in [0.25, 0.3) is 5.76 Å². The van der Waals surface area contributed by atoms with Crippen LogP contribution in [0.1, 0.15) is 29.2 Å². The SMILES string of the molecule is CCOc1cc(O)cc(Cc2cnc(N)nc2N)c1C1=COC(Cc2ccccc2)O1. The van der Waals surface area contributed by atoms with Gasteiger partial charge in [0.15, 0.2) is 5.76 Å². The molecular formula is C23H24N4O4. The van der Waals surface area contributed by atoms with Crippen molar-refractivity contribution in [2.75, 3.05) is 18.1 Å². The van der Waals surface area contributed by atoms with Gasteiger partial charge in [0, 0.05) is 30.7 Å². The number of benzene rings is 2. The lowest BCUT2D eigenvalue weighted by atomic mass is 9.98. The molecule has 5 N–H and O–H groups in total. The molecule has 0 amide bonds. The number of hydrogen-bond acceptors (Lipinski definition) is 8. The van der Waals surface area contributed by atoms with E-state index in [1.54, 1.807) is 24.6 Å². The van der Waals surface area contributed by atoms with Crippen LogP contribution in [0.15, 0.2) is 54.9 Å². The molecule has 1 aromatic heterocycles. The summed E-state index contributed by atoms with van der Waals surface area (Å²) < 4.78 is 17.7. The number of hydrogen-bond donors (Lipinski definition) is 3. The van der Waals surface area contributed by atoms with Crippen LogP contribution >= 0.6 is 0 Å². The number of aromatic hydroxyl groups is 1. The van der Waals surface area contributed by atoms with Gasteiger partial charge in [0.25, 0.3) is 0 Å². The Hall–Kier alpha value is -3.94. The fraction of sp³-hybridized carbons (Fsp3) is 0.217. The molecule has 4 rings (SSSR count). The molecule has 1 aliphatic heterocycles. The zero-order valence-electron chi connectivity index (χ0n) is 17.1. The van der Waals surface area contributed by atoms with E-state index in [0.29, 0.717) is 42.1 Å². The molecule has 160 valence electrons. The van der Waals surface area contributed by atoms with Gasteiger partial charge in [0.2, 0.25) is 12.2 Å². The number of aromatic nitrogens is 2. The van der Waals surface area contributed by atoms with Gasteiger partial charge in [-0.05, 0) is 24.1 Å². The highest BCUT2D eigenvalue weighted by atomic mass is 16.7. The van der Waals surface area contributed by atoms with E-state index < -0.39 is 6.29 Å². The molecule has 2 aromatic carbocycles. The minimum atomic E-state index is -0.460. The average molecular weight is 420 g/mol. The Morgan fingerprint density at radius 2 is 1.94 bits per heavy atom. The first-order valence-corrected chi connectivity index (χ1v) is 9.95. The minimum Gasteiger partial charge on any atom is -0.508 e. The lowest BCUT2D eigenvalue weighted by Gasteiger charge is -2.18. The predicted octanol–water partition coefficient (Wildman–Crippen LogP) is 3.25. The highest BCUT2D eigenvalue weighted by Crippen LogP contribution is 2.39. The first-order chi connectivity index (χ1) is 15.0. The third-order valence-electron chi connectivity index (χ3n) is 4.84. The topological polar surface area (TPSA) is 126 Å². The molecule has 31 heavy (non-hydrogen) atoms. The molecule has 0 saturated heterocycles. The van der Waals surface area contributed by atoms with E-state index in [0.717, 1.165) is 11.1 Å². The number of rotatable bonds is 7. The summed E-state index contributed by atoms with van der Waals surface area (Å²) in [6, 6.07) is 13.2. The van der Waals surface area contributed by atoms with Gasteiger partial charge in [-0.15, -0.1) is 0 Å². The summed E-state index contributed by atoms with van der Waals surface area (Å²) in [5.41, 5.74) is 14.8. The molecule has 0 saturated carbocycles. The van der Waals surface area contributed by atoms with Crippen LogP contribution in [0.4, 0.5) is 11.8 Å². The summed E-state index contributed by atoms with van der Waals surface area (Å²) in [6.45, 7) is 2.29. The van der Waals surface area contributed by atoms with Crippen LogP contribution in [-0.4, -0.2) is 28.0 Å². The Morgan fingerprint density at radius 3 is 2.68 bits per heavy atom. The monoisotopic (exact) mass is 420 g/mol. The fourth-order valence-corrected chi connectivity index (χ4v) is 3.47. The molecule has 3 aromatic rings. The van der Waals surface area contributed by atoms with Crippen LogP contribution in [0, 0.1) is 0 Å². The molecule has 0 bridgehead atoms. The molecule has 0 spiro atoms. The van der Waals surface area contributed by atoms with Crippen LogP contribution in [-0.2, 0) is 22.3 Å². The number of anilines is 2.